The average molecular weight is 285 g/mol. The summed E-state index contributed by atoms with van der Waals surface area (Å²) in [6.07, 6.45) is 2.39. The quantitative estimate of drug-likeness (QED) is 0.859. The summed E-state index contributed by atoms with van der Waals surface area (Å²) < 4.78 is 0. The Bertz CT molecular complexity index is 449. The Labute approximate surface area is 117 Å². The zero-order chi connectivity index (χ0) is 13.8. The number of hydrogen-bond donors (Lipinski definition) is 1. The molecule has 1 aliphatic heterocycles. The summed E-state index contributed by atoms with van der Waals surface area (Å²) in [7, 11) is 1.96. The zero-order valence-corrected chi connectivity index (χ0v) is 11.5. The van der Waals surface area contributed by atoms with Gasteiger partial charge in [-0.05, 0) is 18.8 Å². The molecule has 1 fully saturated rings. The van der Waals surface area contributed by atoms with Crippen molar-refractivity contribution in [3.63, 3.8) is 0 Å². The van der Waals surface area contributed by atoms with E-state index in [4.69, 9.17) is 16.7 Å². The largest absolute Gasteiger partial charge is 0.465 e. The molecule has 7 heteroatoms. The first-order valence-electron chi connectivity index (χ1n) is 6.23. The maximum Gasteiger partial charge on any atom is 0.407 e. The lowest BCUT2D eigenvalue weighted by Gasteiger charge is -2.32. The lowest BCUT2D eigenvalue weighted by Crippen LogP contribution is -2.40. The summed E-state index contributed by atoms with van der Waals surface area (Å²) in [6, 6.07) is 1.73. The fourth-order valence-corrected chi connectivity index (χ4v) is 2.46. The van der Waals surface area contributed by atoms with E-state index in [1.165, 1.54) is 11.2 Å². The molecule has 0 aliphatic carbocycles. The summed E-state index contributed by atoms with van der Waals surface area (Å²) in [5.41, 5.74) is 0. The molecule has 1 aromatic rings. The molecule has 1 saturated heterocycles. The van der Waals surface area contributed by atoms with Crippen molar-refractivity contribution in [1.29, 1.82) is 0 Å². The molecule has 1 aromatic heterocycles. The number of hydrogen-bond acceptors (Lipinski definition) is 4. The van der Waals surface area contributed by atoms with Crippen LogP contribution in [0.25, 0.3) is 0 Å². The predicted molar refractivity (Wildman–Crippen MR) is 72.6 cm³/mol. The number of aromatic nitrogens is 2. The van der Waals surface area contributed by atoms with Gasteiger partial charge in [0.2, 0.25) is 0 Å². The van der Waals surface area contributed by atoms with E-state index in [1.807, 2.05) is 11.9 Å². The van der Waals surface area contributed by atoms with Gasteiger partial charge in [-0.25, -0.2) is 14.8 Å². The van der Waals surface area contributed by atoms with E-state index in [9.17, 15) is 4.79 Å². The van der Waals surface area contributed by atoms with E-state index < -0.39 is 6.09 Å². The molecule has 0 bridgehead atoms. The van der Waals surface area contributed by atoms with E-state index >= 15 is 0 Å². The highest BCUT2D eigenvalue weighted by Gasteiger charge is 2.23. The first kappa shape index (κ1) is 13.9. The second kappa shape index (κ2) is 6.06. The topological polar surface area (TPSA) is 69.6 Å². The van der Waals surface area contributed by atoms with E-state index in [0.717, 1.165) is 25.2 Å². The molecule has 1 N–H and O–H groups in total. The number of piperidine rings is 1. The molecule has 0 aromatic carbocycles. The molecule has 2 rings (SSSR count). The highest BCUT2D eigenvalue weighted by Crippen LogP contribution is 2.21. The summed E-state index contributed by atoms with van der Waals surface area (Å²) in [5.74, 6) is 1.27. The van der Waals surface area contributed by atoms with Crippen LogP contribution in [0.3, 0.4) is 0 Å². The predicted octanol–water partition coefficient (Wildman–Crippen LogP) is 1.96. The van der Waals surface area contributed by atoms with Gasteiger partial charge < -0.3 is 14.9 Å². The van der Waals surface area contributed by atoms with Gasteiger partial charge in [-0.1, -0.05) is 11.6 Å². The van der Waals surface area contributed by atoms with Crippen LogP contribution in [0.5, 0.6) is 0 Å². The van der Waals surface area contributed by atoms with Crippen molar-refractivity contribution in [1.82, 2.24) is 14.9 Å². The lowest BCUT2D eigenvalue weighted by atomic mass is 9.96. The molecule has 19 heavy (non-hydrogen) atoms. The number of amides is 1. The van der Waals surface area contributed by atoms with E-state index in [-0.39, 0.29) is 0 Å². The van der Waals surface area contributed by atoms with Gasteiger partial charge in [0, 0.05) is 32.7 Å². The van der Waals surface area contributed by atoms with Crippen LogP contribution in [0, 0.1) is 5.92 Å². The molecule has 0 atom stereocenters. The smallest absolute Gasteiger partial charge is 0.407 e. The minimum Gasteiger partial charge on any atom is -0.465 e. The van der Waals surface area contributed by atoms with Crippen LogP contribution in [0.2, 0.25) is 5.15 Å². The van der Waals surface area contributed by atoms with Crippen LogP contribution in [0.4, 0.5) is 10.6 Å². The van der Waals surface area contributed by atoms with Crippen LogP contribution in [-0.4, -0.2) is 52.7 Å². The highest BCUT2D eigenvalue weighted by atomic mass is 35.5. The van der Waals surface area contributed by atoms with Crippen molar-refractivity contribution in [2.75, 3.05) is 31.6 Å². The maximum atomic E-state index is 10.8. The number of rotatable bonds is 3. The van der Waals surface area contributed by atoms with Crippen molar-refractivity contribution in [3.8, 4) is 0 Å². The first-order valence-corrected chi connectivity index (χ1v) is 6.60. The van der Waals surface area contributed by atoms with E-state index in [1.54, 1.807) is 6.07 Å². The Morgan fingerprint density at radius 2 is 2.21 bits per heavy atom. The molecule has 0 radical (unpaired) electrons. The Morgan fingerprint density at radius 1 is 1.53 bits per heavy atom. The summed E-state index contributed by atoms with van der Waals surface area (Å²) in [4.78, 5) is 22.4. The normalized spacial score (nSPS) is 16.4. The molecule has 0 saturated carbocycles. The van der Waals surface area contributed by atoms with Crippen LogP contribution < -0.4 is 4.90 Å². The number of nitrogens with zero attached hydrogens (tertiary/aromatic N) is 4. The Morgan fingerprint density at radius 3 is 2.79 bits per heavy atom. The Kier molecular flexibility index (Phi) is 4.42. The number of anilines is 1. The van der Waals surface area contributed by atoms with Crippen LogP contribution in [0.1, 0.15) is 12.8 Å². The highest BCUT2D eigenvalue weighted by molar-refractivity contribution is 6.29. The standard InChI is InChI=1S/C12H17ClN4O2/c1-16(11-6-10(13)14-8-15-11)7-9-2-4-17(5-3-9)12(18)19/h6,8-9H,2-5,7H2,1H3,(H,18,19). The SMILES string of the molecule is CN(CC1CCN(C(=O)O)CC1)c1cc(Cl)ncn1. The maximum absolute atomic E-state index is 10.8. The Balaban J connectivity index is 1.87. The van der Waals surface area contributed by atoms with Crippen LogP contribution in [-0.2, 0) is 0 Å². The third kappa shape index (κ3) is 3.70. The molecule has 2 heterocycles. The monoisotopic (exact) mass is 284 g/mol. The van der Waals surface area contributed by atoms with Crippen LogP contribution in [0.15, 0.2) is 12.4 Å². The molecule has 1 amide bonds. The summed E-state index contributed by atoms with van der Waals surface area (Å²) in [6.45, 7) is 2.07. The van der Waals surface area contributed by atoms with Gasteiger partial charge in [0.05, 0.1) is 0 Å². The van der Waals surface area contributed by atoms with Gasteiger partial charge in [-0.2, -0.15) is 0 Å². The molecule has 1 aliphatic rings. The van der Waals surface area contributed by atoms with Crippen molar-refractivity contribution in [3.05, 3.63) is 17.5 Å². The third-order valence-electron chi connectivity index (χ3n) is 3.43. The lowest BCUT2D eigenvalue weighted by molar-refractivity contribution is 0.125. The van der Waals surface area contributed by atoms with Gasteiger partial charge in [0.15, 0.2) is 0 Å². The number of carboxylic acid groups (broad SMARTS) is 1. The van der Waals surface area contributed by atoms with Crippen molar-refractivity contribution in [2.24, 2.45) is 5.92 Å². The molecular weight excluding hydrogens is 268 g/mol. The minimum absolute atomic E-state index is 0.428. The zero-order valence-electron chi connectivity index (χ0n) is 10.8. The fourth-order valence-electron chi connectivity index (χ4n) is 2.32. The molecule has 0 spiro atoms. The second-order valence-corrected chi connectivity index (χ2v) is 5.18. The average Bonchev–Trinajstić information content (AvgIpc) is 2.39. The fraction of sp³-hybridized carbons (Fsp3) is 0.583. The number of halogens is 1. The van der Waals surface area contributed by atoms with Gasteiger partial charge >= 0.3 is 6.09 Å². The molecule has 104 valence electrons. The van der Waals surface area contributed by atoms with E-state index in [0.29, 0.717) is 24.2 Å². The third-order valence-corrected chi connectivity index (χ3v) is 3.63. The number of carbonyl (C=O) groups is 1. The van der Waals surface area contributed by atoms with Crippen molar-refractivity contribution in [2.45, 2.75) is 12.8 Å². The van der Waals surface area contributed by atoms with Gasteiger partial charge in [-0.15, -0.1) is 0 Å². The molecular formula is C12H17ClN4O2. The summed E-state index contributed by atoms with van der Waals surface area (Å²) in [5, 5.41) is 9.33. The van der Waals surface area contributed by atoms with Gasteiger partial charge in [0.25, 0.3) is 0 Å². The Hall–Kier alpha value is -1.56. The van der Waals surface area contributed by atoms with Crippen molar-refractivity contribution < 1.29 is 9.90 Å². The second-order valence-electron chi connectivity index (χ2n) is 4.79. The van der Waals surface area contributed by atoms with Gasteiger partial charge in [0.1, 0.15) is 17.3 Å². The van der Waals surface area contributed by atoms with E-state index in [2.05, 4.69) is 9.97 Å². The van der Waals surface area contributed by atoms with Crippen molar-refractivity contribution >= 4 is 23.5 Å². The molecule has 6 nitrogen and oxygen atoms in total. The minimum atomic E-state index is -0.825. The number of likely N-dealkylation sites (tertiary alicyclic amines) is 1. The van der Waals surface area contributed by atoms with Gasteiger partial charge in [-0.3, -0.25) is 0 Å². The first-order chi connectivity index (χ1) is 9.06. The molecule has 0 unspecified atom stereocenters. The van der Waals surface area contributed by atoms with Crippen LogP contribution >= 0.6 is 11.6 Å². The summed E-state index contributed by atoms with van der Waals surface area (Å²) >= 11 is 5.84.